The third-order valence-corrected chi connectivity index (χ3v) is 24.3. The molecule has 148 heavy (non-hydrogen) atoms. The number of ether oxygens (including phenoxy) is 4. The zero-order valence-electron chi connectivity index (χ0n) is 80.7. The van der Waals surface area contributed by atoms with Crippen LogP contribution in [-0.4, -0.2) is 145 Å². The van der Waals surface area contributed by atoms with Gasteiger partial charge in [0.25, 0.3) is 22.2 Å². The van der Waals surface area contributed by atoms with Gasteiger partial charge in [0.1, 0.15) is 138 Å². The van der Waals surface area contributed by atoms with E-state index in [9.17, 15) is 95.2 Å². The number of aliphatic hydroxyl groups is 8. The lowest BCUT2D eigenvalue weighted by molar-refractivity contribution is -0.00586. The smallest absolute Gasteiger partial charge is 0.277 e. The van der Waals surface area contributed by atoms with Crippen LogP contribution >= 0.6 is 46.4 Å². The Morgan fingerprint density at radius 3 is 0.642 bits per heavy atom. The maximum Gasteiger partial charge on any atom is 0.277 e. The Morgan fingerprint density at radius 1 is 0.277 bits per heavy atom. The molecule has 16 aromatic heterocycles. The number of aromatic nitrogens is 16. The van der Waals surface area contributed by atoms with Crippen LogP contribution in [0.25, 0.3) is 68.3 Å². The van der Waals surface area contributed by atoms with E-state index in [-0.39, 0.29) is 115 Å². The number of aryl methyl sites for hydroxylation is 8. The zero-order chi connectivity index (χ0) is 108. The third-order valence-electron chi connectivity index (χ3n) is 22.9. The van der Waals surface area contributed by atoms with E-state index in [0.29, 0.717) is 138 Å². The molecule has 0 aliphatic heterocycles. The molecule has 8 N–H and O–H groups in total. The lowest BCUT2D eigenvalue weighted by atomic mass is 10.0. The normalized spacial score (nSPS) is 12.9. The minimum Gasteiger partial charge on any atom is -0.485 e. The van der Waals surface area contributed by atoms with E-state index in [1.54, 1.807) is 177 Å². The van der Waals surface area contributed by atoms with E-state index >= 15 is 0 Å². The fourth-order valence-corrected chi connectivity index (χ4v) is 15.3. The molecule has 0 bridgehead atoms. The fraction of sp³-hybridized carbons (Fsp3) is 0.231. The summed E-state index contributed by atoms with van der Waals surface area (Å²) in [7, 11) is 0. The maximum atomic E-state index is 13.9. The number of rotatable bonds is 28. The zero-order valence-corrected chi connectivity index (χ0v) is 83.7. The summed E-state index contributed by atoms with van der Waals surface area (Å²) in [5, 5.41) is 78.4. The van der Waals surface area contributed by atoms with Crippen molar-refractivity contribution < 1.29 is 94.9 Å². The van der Waals surface area contributed by atoms with Crippen molar-refractivity contribution in [3.8, 4) is 91.3 Å². The van der Waals surface area contributed by atoms with E-state index in [0.717, 1.165) is 24.8 Å². The molecule has 0 saturated carbocycles. The summed E-state index contributed by atoms with van der Waals surface area (Å²) in [4.78, 5) is 103. The van der Waals surface area contributed by atoms with Crippen LogP contribution in [0.2, 0.25) is 20.1 Å². The van der Waals surface area contributed by atoms with Crippen LogP contribution in [0.1, 0.15) is 118 Å². The van der Waals surface area contributed by atoms with Crippen molar-refractivity contribution in [1.29, 1.82) is 0 Å². The largest absolute Gasteiger partial charge is 0.485 e. The van der Waals surface area contributed by atoms with E-state index < -0.39 is 118 Å². The van der Waals surface area contributed by atoms with Gasteiger partial charge in [-0.25, -0.2) is 55.1 Å². The number of halogens is 12. The molecule has 0 saturated heterocycles. The van der Waals surface area contributed by atoms with Crippen molar-refractivity contribution in [2.45, 2.75) is 132 Å². The van der Waals surface area contributed by atoms with Crippen molar-refractivity contribution in [2.75, 3.05) is 26.4 Å². The van der Waals surface area contributed by atoms with Crippen LogP contribution in [-0.2, 0) is 48.8 Å². The monoisotopic (exact) mass is 2110 g/mol. The summed E-state index contributed by atoms with van der Waals surface area (Å²) < 4.78 is 136. The van der Waals surface area contributed by atoms with E-state index in [4.69, 9.17) is 65.4 Å². The number of aliphatic hydroxyl groups excluding tert-OH is 4. The van der Waals surface area contributed by atoms with Crippen molar-refractivity contribution in [3.05, 3.63) is 394 Å². The van der Waals surface area contributed by atoms with Gasteiger partial charge in [-0.05, 0) is 178 Å². The highest BCUT2D eigenvalue weighted by Crippen LogP contribution is 2.37. The van der Waals surface area contributed by atoms with Gasteiger partial charge in [-0.3, -0.25) is 77.3 Å². The molecule has 16 rings (SSSR count). The Kier molecular flexibility index (Phi) is 34.6. The standard InChI is InChI=1S/4C26H23ClF2N4O4/c4*1-14-10-30-19(18-5-4-6-23(32-18)26(3,36)13-34)9-21(14)33-15(2)7-22(24(27)25(33)35)37-12-20-17(29)8-16(28)11-31-20/h4*4-11,34,36H,12-13H2,1-3H3/t4*26-/m1100/s1. The number of hydrogen-bond donors (Lipinski definition) is 8. The van der Waals surface area contributed by atoms with Gasteiger partial charge in [-0.15, -0.1) is 0 Å². The summed E-state index contributed by atoms with van der Waals surface area (Å²) >= 11 is 25.3. The van der Waals surface area contributed by atoms with Crippen LogP contribution < -0.4 is 41.2 Å². The molecule has 0 fully saturated rings. The minimum absolute atomic E-state index is 0.0264. The molecule has 0 aliphatic rings. The van der Waals surface area contributed by atoms with E-state index in [1.807, 2.05) is 0 Å². The Balaban J connectivity index is 0.000000165. The van der Waals surface area contributed by atoms with Gasteiger partial charge >= 0.3 is 0 Å². The van der Waals surface area contributed by atoms with Crippen LogP contribution in [0.5, 0.6) is 23.0 Å². The number of hydrogen-bond acceptors (Lipinski definition) is 28. The Hall–Kier alpha value is -14.9. The van der Waals surface area contributed by atoms with Crippen LogP contribution in [0.4, 0.5) is 35.1 Å². The topological polar surface area (TPSA) is 441 Å². The van der Waals surface area contributed by atoms with Gasteiger partial charge in [0.2, 0.25) is 0 Å². The van der Waals surface area contributed by atoms with Crippen molar-refractivity contribution in [1.82, 2.24) is 78.1 Å². The molecule has 768 valence electrons. The molecule has 0 radical (unpaired) electrons. The first kappa shape index (κ1) is 110. The lowest BCUT2D eigenvalue weighted by Crippen LogP contribution is -2.27. The molecule has 4 atom stereocenters. The van der Waals surface area contributed by atoms with Gasteiger partial charge in [0, 0.05) is 96.1 Å². The van der Waals surface area contributed by atoms with Crippen molar-refractivity contribution in [2.24, 2.45) is 0 Å². The van der Waals surface area contributed by atoms with Crippen molar-refractivity contribution in [3.63, 3.8) is 0 Å². The summed E-state index contributed by atoms with van der Waals surface area (Å²) in [5.74, 6) is -6.65. The molecule has 0 amide bonds. The molecular weight excluding hydrogens is 2020 g/mol. The number of nitrogens with zero attached hydrogens (tertiary/aromatic N) is 16. The van der Waals surface area contributed by atoms with Crippen LogP contribution in [0.3, 0.4) is 0 Å². The lowest BCUT2D eigenvalue weighted by Gasteiger charge is -2.20. The maximum absolute atomic E-state index is 13.9. The quantitative estimate of drug-likeness (QED) is 0.0211. The molecule has 16 aromatic rings. The molecule has 44 heteroatoms. The predicted molar refractivity (Wildman–Crippen MR) is 531 cm³/mol. The van der Waals surface area contributed by atoms with Crippen molar-refractivity contribution >= 4 is 46.4 Å². The van der Waals surface area contributed by atoms with Crippen LogP contribution in [0.15, 0.2) is 214 Å². The average molecular weight is 2120 g/mol. The van der Waals surface area contributed by atoms with Gasteiger partial charge in [0.15, 0.2) is 23.3 Å². The first-order chi connectivity index (χ1) is 70.0. The average Bonchev–Trinajstić information content (AvgIpc) is 0.780. The number of pyridine rings is 16. The molecular formula is C104H92Cl4F8N16O16. The van der Waals surface area contributed by atoms with E-state index in [2.05, 4.69) is 59.8 Å². The SMILES string of the molecule is Cc1cnc(-c2cccc([C@@](C)(O)CO)n2)cc1-n1c(C)cc(OCc2ncc(F)cc2F)c(Cl)c1=O.Cc1cnc(-c2cccc([C@@](C)(O)CO)n2)cc1-n1c(C)cc(OCc2ncc(F)cc2F)c(Cl)c1=O.Cc1cnc(-c2cccc([C@](C)(O)CO)n2)cc1-n1c(C)cc(OCc2ncc(F)cc2F)c(Cl)c1=O.Cc1cnc(-c2cccc([C@](C)(O)CO)n2)cc1-n1c(C)cc(OCc2ncc(F)cc2F)c(Cl)c1=O. The Bertz CT molecular complexity index is 7090. The second-order valence-electron chi connectivity index (χ2n) is 34.7. The van der Waals surface area contributed by atoms with Gasteiger partial charge in [-0.2, -0.15) is 0 Å². The highest BCUT2D eigenvalue weighted by atomic mass is 35.5. The molecule has 0 unspecified atom stereocenters. The third kappa shape index (κ3) is 25.1. The molecule has 16 heterocycles. The minimum atomic E-state index is -1.53. The molecule has 32 nitrogen and oxygen atoms in total. The first-order valence-electron chi connectivity index (χ1n) is 44.6. The van der Waals surface area contributed by atoms with Gasteiger partial charge in [-0.1, -0.05) is 70.7 Å². The summed E-state index contributed by atoms with van der Waals surface area (Å²) in [6.45, 7) is 16.1. The first-order valence-corrected chi connectivity index (χ1v) is 46.1. The second-order valence-corrected chi connectivity index (χ2v) is 36.2. The highest BCUT2D eigenvalue weighted by Gasteiger charge is 2.32. The molecule has 0 aliphatic carbocycles. The predicted octanol–water partition coefficient (Wildman–Crippen LogP) is 16.1. The fourth-order valence-electron chi connectivity index (χ4n) is 14.5. The summed E-state index contributed by atoms with van der Waals surface area (Å²) in [6.07, 6.45) is 9.79. The highest BCUT2D eigenvalue weighted by molar-refractivity contribution is 6.33. The molecule has 0 aromatic carbocycles. The van der Waals surface area contributed by atoms with E-state index in [1.165, 1.54) is 70.2 Å². The molecule has 0 spiro atoms. The Morgan fingerprint density at radius 2 is 0.466 bits per heavy atom. The van der Waals surface area contributed by atoms with Gasteiger partial charge < -0.3 is 59.8 Å². The summed E-state index contributed by atoms with van der Waals surface area (Å²) in [6, 6.07) is 35.4. The van der Waals surface area contributed by atoms with Gasteiger partial charge in [0.05, 0.1) is 142 Å². The summed E-state index contributed by atoms with van der Waals surface area (Å²) in [5.41, 5.74) is 2.08. The Labute approximate surface area is 857 Å². The van der Waals surface area contributed by atoms with Crippen LogP contribution in [0, 0.1) is 102 Å². The second kappa shape index (κ2) is 46.4.